The van der Waals surface area contributed by atoms with Crippen LogP contribution in [0.1, 0.15) is 11.9 Å². The summed E-state index contributed by atoms with van der Waals surface area (Å²) in [6.07, 6.45) is 3.60. The van der Waals surface area contributed by atoms with Gasteiger partial charge in [0.1, 0.15) is 10.8 Å². The Morgan fingerprint density at radius 1 is 1.22 bits per heavy atom. The van der Waals surface area contributed by atoms with Gasteiger partial charge in [-0.25, -0.2) is 9.97 Å². The van der Waals surface area contributed by atoms with Crippen molar-refractivity contribution < 1.29 is 0 Å². The van der Waals surface area contributed by atoms with Gasteiger partial charge in [-0.2, -0.15) is 5.10 Å². The fraction of sp³-hybridized carbons (Fsp3) is 0.333. The molecule has 2 aromatic rings. The fourth-order valence-electron chi connectivity index (χ4n) is 2.33. The second kappa shape index (κ2) is 7.47. The van der Waals surface area contributed by atoms with E-state index >= 15 is 0 Å². The maximum atomic E-state index is 5.43. The molecule has 0 bridgehead atoms. The average molecular weight is 346 g/mol. The van der Waals surface area contributed by atoms with Crippen molar-refractivity contribution in [1.29, 1.82) is 0 Å². The van der Waals surface area contributed by atoms with Gasteiger partial charge in [0.15, 0.2) is 5.11 Å². The number of piperazine rings is 1. The van der Waals surface area contributed by atoms with Gasteiger partial charge in [0, 0.05) is 44.0 Å². The summed E-state index contributed by atoms with van der Waals surface area (Å²) in [4.78, 5) is 13.0. The molecule has 0 saturated carbocycles. The van der Waals surface area contributed by atoms with Gasteiger partial charge in [-0.3, -0.25) is 5.43 Å². The van der Waals surface area contributed by atoms with Crippen LogP contribution < -0.4 is 10.3 Å². The Morgan fingerprint density at radius 2 is 2.04 bits per heavy atom. The Morgan fingerprint density at radius 3 is 2.70 bits per heavy atom. The average Bonchev–Trinajstić information content (AvgIpc) is 3.15. The number of thiocarbonyl (C=S) groups is 1. The molecule has 0 radical (unpaired) electrons. The summed E-state index contributed by atoms with van der Waals surface area (Å²) >= 11 is 7.00. The molecule has 6 nitrogen and oxygen atoms in total. The molecular formula is C15H18N6S2. The van der Waals surface area contributed by atoms with Gasteiger partial charge in [0.05, 0.1) is 5.71 Å². The minimum absolute atomic E-state index is 0.654. The normalized spacial score (nSPS) is 15.6. The summed E-state index contributed by atoms with van der Waals surface area (Å²) in [5, 5.41) is 7.82. The molecule has 1 aliphatic rings. The molecule has 0 aromatic carbocycles. The van der Waals surface area contributed by atoms with Crippen molar-refractivity contribution >= 4 is 40.2 Å². The van der Waals surface area contributed by atoms with E-state index < -0.39 is 0 Å². The quantitative estimate of drug-likeness (QED) is 0.521. The number of hydrogen-bond donors (Lipinski definition) is 1. The van der Waals surface area contributed by atoms with E-state index in [9.17, 15) is 0 Å². The van der Waals surface area contributed by atoms with Gasteiger partial charge in [0.2, 0.25) is 0 Å². The van der Waals surface area contributed by atoms with Crippen LogP contribution in [0, 0.1) is 0 Å². The van der Waals surface area contributed by atoms with Crippen LogP contribution in [0.3, 0.4) is 0 Å². The molecule has 1 saturated heterocycles. The Hall–Kier alpha value is -2.06. The summed E-state index contributed by atoms with van der Waals surface area (Å²) in [5.41, 5.74) is 3.81. The van der Waals surface area contributed by atoms with Crippen LogP contribution in [0.25, 0.3) is 0 Å². The van der Waals surface area contributed by atoms with E-state index in [2.05, 4.69) is 30.3 Å². The van der Waals surface area contributed by atoms with Crippen molar-refractivity contribution in [2.45, 2.75) is 6.92 Å². The van der Waals surface area contributed by atoms with E-state index in [-0.39, 0.29) is 0 Å². The lowest BCUT2D eigenvalue weighted by Gasteiger charge is -2.36. The first kappa shape index (κ1) is 15.8. The van der Waals surface area contributed by atoms with Gasteiger partial charge in [-0.05, 0) is 31.3 Å². The van der Waals surface area contributed by atoms with E-state index in [0.29, 0.717) is 5.11 Å². The number of thiazole rings is 1. The molecule has 8 heteroatoms. The fourth-order valence-corrected chi connectivity index (χ4v) is 3.15. The molecule has 23 heavy (non-hydrogen) atoms. The van der Waals surface area contributed by atoms with Crippen LogP contribution in [0.4, 0.5) is 5.82 Å². The molecule has 1 N–H and O–H groups in total. The highest BCUT2D eigenvalue weighted by Gasteiger charge is 2.19. The summed E-state index contributed by atoms with van der Waals surface area (Å²) in [5.74, 6) is 1.02. The van der Waals surface area contributed by atoms with Gasteiger partial charge >= 0.3 is 0 Å². The summed E-state index contributed by atoms with van der Waals surface area (Å²) in [7, 11) is 0. The van der Waals surface area contributed by atoms with Crippen molar-refractivity contribution in [3.05, 3.63) is 41.0 Å². The highest BCUT2D eigenvalue weighted by Crippen LogP contribution is 2.12. The van der Waals surface area contributed by atoms with Crippen molar-refractivity contribution in [2.24, 2.45) is 5.10 Å². The zero-order valence-electron chi connectivity index (χ0n) is 12.8. The topological polar surface area (TPSA) is 56.7 Å². The summed E-state index contributed by atoms with van der Waals surface area (Å²) < 4.78 is 0. The lowest BCUT2D eigenvalue weighted by molar-refractivity contribution is 0.380. The molecule has 1 aliphatic heterocycles. The van der Waals surface area contributed by atoms with Crippen molar-refractivity contribution in [3.8, 4) is 0 Å². The summed E-state index contributed by atoms with van der Waals surface area (Å²) in [6, 6.07) is 5.98. The standard InChI is InChI=1S/C15H18N6S2/c1-12(14-17-6-11-23-14)18-19-15(22)21-9-7-20(8-10-21)13-4-2-3-5-16-13/h2-6,11H,7-10H2,1H3,(H,19,22)/b18-12+. The number of aromatic nitrogens is 2. The molecule has 3 rings (SSSR count). The number of rotatable bonds is 3. The third-order valence-electron chi connectivity index (χ3n) is 3.60. The van der Waals surface area contributed by atoms with Crippen molar-refractivity contribution in [1.82, 2.24) is 20.3 Å². The minimum atomic E-state index is 0.654. The van der Waals surface area contributed by atoms with Crippen LogP contribution in [0.2, 0.25) is 0 Å². The largest absolute Gasteiger partial charge is 0.353 e. The number of hydrogen-bond acceptors (Lipinski definition) is 6. The molecule has 0 amide bonds. The highest BCUT2D eigenvalue weighted by atomic mass is 32.1. The second-order valence-electron chi connectivity index (χ2n) is 5.11. The number of hydrazone groups is 1. The van der Waals surface area contributed by atoms with Crippen LogP contribution >= 0.6 is 23.6 Å². The monoisotopic (exact) mass is 346 g/mol. The Balaban J connectivity index is 1.51. The maximum absolute atomic E-state index is 5.43. The van der Waals surface area contributed by atoms with Gasteiger partial charge in [-0.15, -0.1) is 11.3 Å². The van der Waals surface area contributed by atoms with E-state index in [1.54, 1.807) is 17.5 Å². The third-order valence-corrected chi connectivity index (χ3v) is 4.83. The van der Waals surface area contributed by atoms with E-state index in [1.807, 2.05) is 36.7 Å². The number of anilines is 1. The van der Waals surface area contributed by atoms with Crippen LogP contribution in [-0.4, -0.2) is 51.9 Å². The minimum Gasteiger partial charge on any atom is -0.353 e. The van der Waals surface area contributed by atoms with Crippen molar-refractivity contribution in [2.75, 3.05) is 31.1 Å². The lowest BCUT2D eigenvalue weighted by Crippen LogP contribution is -2.51. The molecule has 120 valence electrons. The zero-order chi connectivity index (χ0) is 16.1. The summed E-state index contributed by atoms with van der Waals surface area (Å²) in [6.45, 7) is 5.43. The highest BCUT2D eigenvalue weighted by molar-refractivity contribution is 7.80. The van der Waals surface area contributed by atoms with Gasteiger partial charge < -0.3 is 9.80 Å². The van der Waals surface area contributed by atoms with Crippen LogP contribution in [-0.2, 0) is 0 Å². The van der Waals surface area contributed by atoms with E-state index in [4.69, 9.17) is 12.2 Å². The molecule has 0 aliphatic carbocycles. The molecule has 0 atom stereocenters. The van der Waals surface area contributed by atoms with Gasteiger partial charge in [-0.1, -0.05) is 6.07 Å². The first-order valence-electron chi connectivity index (χ1n) is 7.39. The van der Waals surface area contributed by atoms with Crippen molar-refractivity contribution in [3.63, 3.8) is 0 Å². The zero-order valence-corrected chi connectivity index (χ0v) is 14.5. The molecule has 0 unspecified atom stereocenters. The number of nitrogens with zero attached hydrogens (tertiary/aromatic N) is 5. The Labute approximate surface area is 144 Å². The first-order chi connectivity index (χ1) is 11.2. The van der Waals surface area contributed by atoms with E-state index in [1.165, 1.54) is 0 Å². The Bertz CT molecular complexity index is 663. The third kappa shape index (κ3) is 4.02. The van der Waals surface area contributed by atoms with Gasteiger partial charge in [0.25, 0.3) is 0 Å². The SMILES string of the molecule is C/C(=N\NC(=S)N1CCN(c2ccccn2)CC1)c1nccs1. The Kier molecular flexibility index (Phi) is 5.14. The predicted octanol–water partition coefficient (Wildman–Crippen LogP) is 1.96. The lowest BCUT2D eigenvalue weighted by atomic mass is 10.3. The predicted molar refractivity (Wildman–Crippen MR) is 98.1 cm³/mol. The number of pyridine rings is 1. The smallest absolute Gasteiger partial charge is 0.189 e. The molecule has 0 spiro atoms. The second-order valence-corrected chi connectivity index (χ2v) is 6.39. The molecule has 2 aromatic heterocycles. The number of nitrogens with one attached hydrogen (secondary N) is 1. The maximum Gasteiger partial charge on any atom is 0.189 e. The molecule has 3 heterocycles. The molecule has 1 fully saturated rings. The van der Waals surface area contributed by atoms with Crippen LogP contribution in [0.5, 0.6) is 0 Å². The van der Waals surface area contributed by atoms with E-state index in [0.717, 1.165) is 42.7 Å². The molecular weight excluding hydrogens is 328 g/mol. The first-order valence-corrected chi connectivity index (χ1v) is 8.68. The van der Waals surface area contributed by atoms with Crippen LogP contribution in [0.15, 0.2) is 41.1 Å².